The lowest BCUT2D eigenvalue weighted by atomic mass is 9.86. The van der Waals surface area contributed by atoms with Gasteiger partial charge in [-0.1, -0.05) is 67.6 Å². The number of carbonyl (C=O) groups is 2. The highest BCUT2D eigenvalue weighted by molar-refractivity contribution is 5.94. The zero-order valence-electron chi connectivity index (χ0n) is 21.9. The molecule has 0 saturated carbocycles. The Morgan fingerprint density at radius 2 is 1.68 bits per heavy atom. The highest BCUT2D eigenvalue weighted by Crippen LogP contribution is 2.26. The van der Waals surface area contributed by atoms with Crippen molar-refractivity contribution in [3.63, 3.8) is 0 Å². The average Bonchev–Trinajstić information content (AvgIpc) is 2.92. The number of fused-ring (bicyclic) bond motifs is 1. The van der Waals surface area contributed by atoms with Crippen molar-refractivity contribution in [2.24, 2.45) is 5.73 Å². The summed E-state index contributed by atoms with van der Waals surface area (Å²) in [6.45, 7) is 5.08. The Kier molecular flexibility index (Phi) is 9.50. The molecule has 2 amide bonds. The molecule has 1 unspecified atom stereocenters. The minimum atomic E-state index is -0.278. The first-order chi connectivity index (χ1) is 18.0. The number of hydrogen-bond acceptors (Lipinski definition) is 3. The third kappa shape index (κ3) is 7.53. The number of benzene rings is 3. The molecule has 0 aromatic heterocycles. The molecule has 37 heavy (non-hydrogen) atoms. The molecule has 0 saturated heterocycles. The number of primary amides is 1. The molecule has 5 heteroatoms. The lowest BCUT2D eigenvalue weighted by molar-refractivity contribution is -0.117. The summed E-state index contributed by atoms with van der Waals surface area (Å²) in [6.07, 6.45) is 6.73. The zero-order valence-corrected chi connectivity index (χ0v) is 21.9. The van der Waals surface area contributed by atoms with Gasteiger partial charge in [0.2, 0.25) is 5.91 Å². The highest BCUT2D eigenvalue weighted by Gasteiger charge is 2.24. The molecule has 0 heterocycles. The predicted octanol–water partition coefficient (Wildman–Crippen LogP) is 5.16. The van der Waals surface area contributed by atoms with Crippen molar-refractivity contribution >= 4 is 11.8 Å². The molecule has 1 atom stereocenters. The number of hydrogen-bond donors (Lipinski definition) is 2. The summed E-state index contributed by atoms with van der Waals surface area (Å²) in [5, 5.41) is 3.08. The van der Waals surface area contributed by atoms with E-state index in [9.17, 15) is 9.59 Å². The van der Waals surface area contributed by atoms with Crippen molar-refractivity contribution in [2.45, 2.75) is 57.9 Å². The van der Waals surface area contributed by atoms with Crippen LogP contribution in [0.25, 0.3) is 11.1 Å². The van der Waals surface area contributed by atoms with Crippen LogP contribution < -0.4 is 11.1 Å². The van der Waals surface area contributed by atoms with Gasteiger partial charge >= 0.3 is 0 Å². The molecule has 3 aromatic rings. The first kappa shape index (κ1) is 26.6. The molecule has 0 radical (unpaired) electrons. The summed E-state index contributed by atoms with van der Waals surface area (Å²) in [5.41, 5.74) is 12.1. The molecule has 0 aliphatic heterocycles. The summed E-state index contributed by atoms with van der Waals surface area (Å²) in [5.74, 6) is -0.287. The topological polar surface area (TPSA) is 75.4 Å². The van der Waals surface area contributed by atoms with Gasteiger partial charge in [0.15, 0.2) is 0 Å². The minimum Gasteiger partial charge on any atom is -0.369 e. The second-order valence-corrected chi connectivity index (χ2v) is 10.1. The van der Waals surface area contributed by atoms with Gasteiger partial charge in [-0.25, -0.2) is 0 Å². The molecule has 0 fully saturated rings. The molecule has 0 spiro atoms. The van der Waals surface area contributed by atoms with Crippen LogP contribution in [0.5, 0.6) is 0 Å². The fraction of sp³-hybridized carbons (Fsp3) is 0.375. The van der Waals surface area contributed by atoms with Crippen LogP contribution in [-0.4, -0.2) is 42.4 Å². The van der Waals surface area contributed by atoms with E-state index >= 15 is 0 Å². The van der Waals surface area contributed by atoms with Crippen LogP contribution in [0, 0.1) is 0 Å². The van der Waals surface area contributed by atoms with E-state index in [4.69, 9.17) is 5.73 Å². The Morgan fingerprint density at radius 3 is 2.41 bits per heavy atom. The number of rotatable bonds is 12. The van der Waals surface area contributed by atoms with Gasteiger partial charge in [0.1, 0.15) is 0 Å². The Hall–Kier alpha value is -3.44. The van der Waals surface area contributed by atoms with Gasteiger partial charge in [-0.2, -0.15) is 0 Å². The van der Waals surface area contributed by atoms with E-state index in [1.54, 1.807) is 0 Å². The maximum atomic E-state index is 12.6. The number of nitrogens with two attached hydrogens (primary N) is 1. The normalized spacial score (nSPS) is 14.8. The predicted molar refractivity (Wildman–Crippen MR) is 150 cm³/mol. The Balaban J connectivity index is 1.22. The molecule has 5 nitrogen and oxygen atoms in total. The minimum absolute atomic E-state index is 0.00961. The second-order valence-electron chi connectivity index (χ2n) is 10.1. The van der Waals surface area contributed by atoms with Crippen molar-refractivity contribution in [1.82, 2.24) is 10.2 Å². The number of carbonyl (C=O) groups excluding carboxylic acids is 2. The van der Waals surface area contributed by atoms with Gasteiger partial charge in [0, 0.05) is 18.2 Å². The van der Waals surface area contributed by atoms with Crippen LogP contribution in [0.2, 0.25) is 0 Å². The molecule has 0 bridgehead atoms. The van der Waals surface area contributed by atoms with Crippen molar-refractivity contribution in [1.29, 1.82) is 0 Å². The number of unbranched alkanes of at least 4 members (excludes halogenated alkanes) is 1. The fourth-order valence-electron chi connectivity index (χ4n) is 5.36. The number of nitrogens with one attached hydrogen (secondary N) is 1. The van der Waals surface area contributed by atoms with E-state index in [-0.39, 0.29) is 11.8 Å². The lowest BCUT2D eigenvalue weighted by Gasteiger charge is -2.35. The summed E-state index contributed by atoms with van der Waals surface area (Å²) in [6, 6.07) is 25.0. The summed E-state index contributed by atoms with van der Waals surface area (Å²) < 4.78 is 0. The van der Waals surface area contributed by atoms with Crippen LogP contribution in [0.4, 0.5) is 0 Å². The van der Waals surface area contributed by atoms with E-state index in [0.717, 1.165) is 68.3 Å². The number of amides is 2. The maximum absolute atomic E-state index is 12.6. The molecular formula is C32H39N3O2. The average molecular weight is 498 g/mol. The van der Waals surface area contributed by atoms with Crippen LogP contribution in [0.1, 0.15) is 59.7 Å². The van der Waals surface area contributed by atoms with E-state index in [1.165, 1.54) is 11.1 Å². The monoisotopic (exact) mass is 497 g/mol. The zero-order chi connectivity index (χ0) is 26.0. The van der Waals surface area contributed by atoms with Gasteiger partial charge in [-0.15, -0.1) is 0 Å². The van der Waals surface area contributed by atoms with Crippen LogP contribution >= 0.6 is 0 Å². The Labute approximate surface area is 221 Å². The highest BCUT2D eigenvalue weighted by atomic mass is 16.2. The van der Waals surface area contributed by atoms with Gasteiger partial charge < -0.3 is 16.0 Å². The summed E-state index contributed by atoms with van der Waals surface area (Å²) in [7, 11) is 0. The molecule has 3 aromatic carbocycles. The van der Waals surface area contributed by atoms with Crippen molar-refractivity contribution in [3.05, 3.63) is 95.1 Å². The first-order valence-electron chi connectivity index (χ1n) is 13.6. The standard InChI is InChI=1S/C32H39N3O2/c1-2-19-35(30-17-16-28-21-24(22-31(33)36)10-11-29(28)23-30)20-7-6-18-34-32(37)27-14-12-26(13-15-27)25-8-4-3-5-9-25/h3-5,8-15,21,30H,2,6-7,16-20,22-23H2,1H3,(H2,33,36)(H,34,37). The third-order valence-corrected chi connectivity index (χ3v) is 7.29. The van der Waals surface area contributed by atoms with Crippen LogP contribution in [0.15, 0.2) is 72.8 Å². The molecule has 194 valence electrons. The third-order valence-electron chi connectivity index (χ3n) is 7.29. The SMILES string of the molecule is CCCN(CCCCNC(=O)c1ccc(-c2ccccc2)cc1)C1CCc2cc(CC(N)=O)ccc2C1. The van der Waals surface area contributed by atoms with E-state index in [1.807, 2.05) is 48.5 Å². The van der Waals surface area contributed by atoms with Gasteiger partial charge in [-0.3, -0.25) is 9.59 Å². The van der Waals surface area contributed by atoms with Crippen LogP contribution in [-0.2, 0) is 24.1 Å². The fourth-order valence-corrected chi connectivity index (χ4v) is 5.36. The van der Waals surface area contributed by atoms with Crippen LogP contribution in [0.3, 0.4) is 0 Å². The number of nitrogens with zero attached hydrogens (tertiary/aromatic N) is 1. The maximum Gasteiger partial charge on any atom is 0.251 e. The van der Waals surface area contributed by atoms with E-state index in [0.29, 0.717) is 24.6 Å². The van der Waals surface area contributed by atoms with Crippen molar-refractivity contribution < 1.29 is 9.59 Å². The second kappa shape index (κ2) is 13.2. The molecule has 1 aliphatic rings. The lowest BCUT2D eigenvalue weighted by Crippen LogP contribution is -2.40. The largest absolute Gasteiger partial charge is 0.369 e. The number of aryl methyl sites for hydroxylation is 1. The first-order valence-corrected chi connectivity index (χ1v) is 13.6. The van der Waals surface area contributed by atoms with E-state index < -0.39 is 0 Å². The Bertz CT molecular complexity index is 1170. The molecule has 3 N–H and O–H groups in total. The smallest absolute Gasteiger partial charge is 0.251 e. The summed E-state index contributed by atoms with van der Waals surface area (Å²) in [4.78, 5) is 26.5. The molecular weight excluding hydrogens is 458 g/mol. The molecule has 1 aliphatic carbocycles. The van der Waals surface area contributed by atoms with Crippen molar-refractivity contribution in [2.75, 3.05) is 19.6 Å². The quantitative estimate of drug-likeness (QED) is 0.339. The van der Waals surface area contributed by atoms with Crippen molar-refractivity contribution in [3.8, 4) is 11.1 Å². The molecule has 4 rings (SSSR count). The van der Waals surface area contributed by atoms with Gasteiger partial charge in [0.05, 0.1) is 6.42 Å². The van der Waals surface area contributed by atoms with E-state index in [2.05, 4.69) is 41.4 Å². The Morgan fingerprint density at radius 1 is 0.919 bits per heavy atom. The van der Waals surface area contributed by atoms with Gasteiger partial charge in [0.25, 0.3) is 5.91 Å². The van der Waals surface area contributed by atoms with Gasteiger partial charge in [-0.05, 0) is 91.6 Å². The summed E-state index contributed by atoms with van der Waals surface area (Å²) >= 11 is 0.